The van der Waals surface area contributed by atoms with Crippen molar-refractivity contribution in [1.82, 2.24) is 0 Å². The van der Waals surface area contributed by atoms with Crippen LogP contribution in [-0.4, -0.2) is 16.2 Å². The molecule has 3 aromatic carbocycles. The van der Waals surface area contributed by atoms with E-state index in [4.69, 9.17) is 0 Å². The highest BCUT2D eigenvalue weighted by Crippen LogP contribution is 2.32. The number of halogens is 1. The Bertz CT molecular complexity index is 970. The molecule has 0 saturated carbocycles. The van der Waals surface area contributed by atoms with Crippen molar-refractivity contribution in [2.45, 2.75) is 0 Å². The number of ketones is 1. The monoisotopic (exact) mass is 351 g/mol. The van der Waals surface area contributed by atoms with Crippen LogP contribution in [-0.2, 0) is 0 Å². The number of hydrogen-bond donors (Lipinski definition) is 0. The summed E-state index contributed by atoms with van der Waals surface area (Å²) in [6.07, 6.45) is 0. The zero-order valence-corrected chi connectivity index (χ0v) is 13.0. The summed E-state index contributed by atoms with van der Waals surface area (Å²) in [5.41, 5.74) is 1.69. The Kier molecular flexibility index (Phi) is 2.87. The lowest BCUT2D eigenvalue weighted by Crippen LogP contribution is -2.16. The lowest BCUT2D eigenvalue weighted by atomic mass is 9.97. The normalized spacial score (nSPS) is 13.8. The van der Waals surface area contributed by atoms with Crippen LogP contribution in [0.2, 0.25) is 0 Å². The molecule has 0 N–H and O–H groups in total. The fourth-order valence-corrected chi connectivity index (χ4v) is 3.22. The van der Waals surface area contributed by atoms with Gasteiger partial charge in [0.25, 0.3) is 11.5 Å². The maximum atomic E-state index is 12.7. The fraction of sp³-hybridized carbons (Fsp3) is 0. The van der Waals surface area contributed by atoms with Crippen molar-refractivity contribution in [3.63, 3.8) is 0 Å². The van der Waals surface area contributed by atoms with Gasteiger partial charge < -0.3 is 5.21 Å². The van der Waals surface area contributed by atoms with Crippen LogP contribution in [0.5, 0.6) is 0 Å². The van der Waals surface area contributed by atoms with E-state index in [1.165, 1.54) is 0 Å². The molecule has 4 rings (SSSR count). The standard InChI is InChI=1S/C18H10BrNO2/c19-12-8-9-15-16(10-12)20(22)17(18(15)21)14-7-3-5-11-4-1-2-6-13(11)14/h1-10H. The van der Waals surface area contributed by atoms with Crippen LogP contribution in [0, 0.1) is 5.21 Å². The van der Waals surface area contributed by atoms with Crippen molar-refractivity contribution >= 4 is 43.9 Å². The number of hydrogen-bond acceptors (Lipinski definition) is 2. The first kappa shape index (κ1) is 13.2. The minimum absolute atomic E-state index is 0.185. The molecule has 4 heteroatoms. The van der Waals surface area contributed by atoms with Crippen LogP contribution in [0.1, 0.15) is 15.9 Å². The van der Waals surface area contributed by atoms with Gasteiger partial charge in [-0.05, 0) is 29.0 Å². The zero-order valence-electron chi connectivity index (χ0n) is 11.4. The molecule has 0 aliphatic carbocycles. The second kappa shape index (κ2) is 4.78. The van der Waals surface area contributed by atoms with Crippen molar-refractivity contribution < 1.29 is 9.53 Å². The number of fused-ring (bicyclic) bond motifs is 2. The third-order valence-corrected chi connectivity index (χ3v) is 4.38. The molecule has 1 aliphatic heterocycles. The number of benzene rings is 3. The van der Waals surface area contributed by atoms with E-state index < -0.39 is 0 Å². The van der Waals surface area contributed by atoms with Crippen molar-refractivity contribution in [1.29, 1.82) is 0 Å². The predicted octanol–water partition coefficient (Wildman–Crippen LogP) is 4.43. The van der Waals surface area contributed by atoms with E-state index >= 15 is 0 Å². The van der Waals surface area contributed by atoms with Crippen molar-refractivity contribution in [3.05, 3.63) is 81.5 Å². The van der Waals surface area contributed by atoms with Gasteiger partial charge in [-0.1, -0.05) is 52.3 Å². The molecule has 0 amide bonds. The molecule has 3 aromatic rings. The molecule has 106 valence electrons. The van der Waals surface area contributed by atoms with Crippen molar-refractivity contribution in [2.24, 2.45) is 0 Å². The van der Waals surface area contributed by atoms with Crippen LogP contribution in [0.25, 0.3) is 10.8 Å². The minimum Gasteiger partial charge on any atom is -0.618 e. The Morgan fingerprint density at radius 2 is 1.68 bits per heavy atom. The van der Waals surface area contributed by atoms with E-state index in [0.29, 0.717) is 16.8 Å². The Balaban J connectivity index is 2.02. The quantitative estimate of drug-likeness (QED) is 0.480. The van der Waals surface area contributed by atoms with Crippen molar-refractivity contribution in [2.75, 3.05) is 0 Å². The largest absolute Gasteiger partial charge is 0.618 e. The maximum Gasteiger partial charge on any atom is 0.273 e. The molecule has 0 radical (unpaired) electrons. The molecule has 0 unspecified atom stereocenters. The Morgan fingerprint density at radius 1 is 0.909 bits per heavy atom. The Hall–Kier alpha value is -2.46. The Morgan fingerprint density at radius 3 is 2.55 bits per heavy atom. The van der Waals surface area contributed by atoms with Gasteiger partial charge >= 0.3 is 0 Å². The summed E-state index contributed by atoms with van der Waals surface area (Å²) in [5, 5.41) is 14.6. The van der Waals surface area contributed by atoms with Crippen molar-refractivity contribution in [3.8, 4) is 0 Å². The number of rotatable bonds is 1. The van der Waals surface area contributed by atoms with Gasteiger partial charge in [-0.15, -0.1) is 0 Å². The number of nitrogens with zero attached hydrogens (tertiary/aromatic N) is 1. The average Bonchev–Trinajstić information content (AvgIpc) is 2.78. The van der Waals surface area contributed by atoms with Gasteiger partial charge in [0.15, 0.2) is 0 Å². The van der Waals surface area contributed by atoms with Gasteiger partial charge in [-0.2, -0.15) is 4.74 Å². The molecule has 1 heterocycles. The van der Waals surface area contributed by atoms with Gasteiger partial charge in [0.2, 0.25) is 5.69 Å². The first-order valence-electron chi connectivity index (χ1n) is 6.83. The Labute approximate surface area is 135 Å². The van der Waals surface area contributed by atoms with Crippen LogP contribution in [0.15, 0.2) is 65.1 Å². The summed E-state index contributed by atoms with van der Waals surface area (Å²) in [6, 6.07) is 18.5. The third kappa shape index (κ3) is 1.81. The first-order chi connectivity index (χ1) is 10.7. The van der Waals surface area contributed by atoms with E-state index in [1.54, 1.807) is 18.2 Å². The van der Waals surface area contributed by atoms with E-state index in [-0.39, 0.29) is 11.5 Å². The van der Waals surface area contributed by atoms with Gasteiger partial charge in [0.1, 0.15) is 5.56 Å². The second-order valence-corrected chi connectivity index (χ2v) is 6.08. The smallest absolute Gasteiger partial charge is 0.273 e. The summed E-state index contributed by atoms with van der Waals surface area (Å²) in [6.45, 7) is 0. The second-order valence-electron chi connectivity index (χ2n) is 5.16. The van der Waals surface area contributed by atoms with Gasteiger partial charge in [0, 0.05) is 10.5 Å². The third-order valence-electron chi connectivity index (χ3n) is 3.89. The average molecular weight is 352 g/mol. The first-order valence-corrected chi connectivity index (χ1v) is 7.63. The van der Waals surface area contributed by atoms with E-state index in [0.717, 1.165) is 20.0 Å². The van der Waals surface area contributed by atoms with E-state index in [1.807, 2.05) is 42.5 Å². The molecule has 1 aliphatic rings. The molecule has 22 heavy (non-hydrogen) atoms. The van der Waals surface area contributed by atoms with Crippen LogP contribution < -0.4 is 0 Å². The van der Waals surface area contributed by atoms with Gasteiger partial charge in [0.05, 0.1) is 5.56 Å². The molecular formula is C18H10BrNO2. The molecule has 0 aromatic heterocycles. The fourth-order valence-electron chi connectivity index (χ4n) is 2.87. The minimum atomic E-state index is -0.228. The summed E-state index contributed by atoms with van der Waals surface area (Å²) in [5.74, 6) is -0.228. The highest BCUT2D eigenvalue weighted by molar-refractivity contribution is 9.10. The van der Waals surface area contributed by atoms with Crippen LogP contribution >= 0.6 is 15.9 Å². The summed E-state index contributed by atoms with van der Waals surface area (Å²) < 4.78 is 1.52. The predicted molar refractivity (Wildman–Crippen MR) is 89.8 cm³/mol. The zero-order chi connectivity index (χ0) is 15.3. The highest BCUT2D eigenvalue weighted by Gasteiger charge is 2.37. The summed E-state index contributed by atoms with van der Waals surface area (Å²) in [4.78, 5) is 12.7. The van der Waals surface area contributed by atoms with Gasteiger partial charge in [-0.25, -0.2) is 0 Å². The van der Waals surface area contributed by atoms with Gasteiger partial charge in [-0.3, -0.25) is 4.79 Å². The van der Waals surface area contributed by atoms with E-state index in [9.17, 15) is 10.0 Å². The molecule has 0 bridgehead atoms. The summed E-state index contributed by atoms with van der Waals surface area (Å²) in [7, 11) is 0. The lowest BCUT2D eigenvalue weighted by molar-refractivity contribution is -0.355. The van der Waals surface area contributed by atoms with Crippen LogP contribution in [0.3, 0.4) is 0 Å². The highest BCUT2D eigenvalue weighted by atomic mass is 79.9. The topological polar surface area (TPSA) is 43.1 Å². The molecule has 0 saturated heterocycles. The number of Topliss-reactive ketones (excluding diaryl/α,β-unsaturated/α-hetero) is 1. The molecule has 0 fully saturated rings. The number of carbonyl (C=O) groups is 1. The molecular weight excluding hydrogens is 342 g/mol. The van der Waals surface area contributed by atoms with E-state index in [2.05, 4.69) is 15.9 Å². The SMILES string of the molecule is O=C1C(c2cccc3ccccc23)=[N+]([O-])c2cc(Br)ccc21. The molecule has 0 atom stereocenters. The number of carbonyl (C=O) groups excluding carboxylic acids is 1. The lowest BCUT2D eigenvalue weighted by Gasteiger charge is -2.05. The molecule has 3 nitrogen and oxygen atoms in total. The maximum absolute atomic E-state index is 12.7. The molecule has 0 spiro atoms. The van der Waals surface area contributed by atoms with Crippen LogP contribution in [0.4, 0.5) is 5.69 Å². The summed E-state index contributed by atoms with van der Waals surface area (Å²) >= 11 is 3.34.